The maximum Gasteiger partial charge on any atom is 0.308 e. The van der Waals surface area contributed by atoms with Crippen molar-refractivity contribution >= 4 is 15.0 Å². The zero-order valence-corrected chi connectivity index (χ0v) is 19.9. The minimum absolute atomic E-state index is 0.0286. The van der Waals surface area contributed by atoms with Crippen LogP contribution in [0.5, 0.6) is 5.75 Å². The lowest BCUT2D eigenvalue weighted by molar-refractivity contribution is -0.165. The first-order valence-corrected chi connectivity index (χ1v) is 12.9. The Balaban J connectivity index is 2.78. The summed E-state index contributed by atoms with van der Waals surface area (Å²) in [5.41, 5.74) is 1.92. The Labute approximate surface area is 173 Å². The van der Waals surface area contributed by atoms with Gasteiger partial charge in [0.25, 0.3) is 0 Å². The molecule has 0 amide bonds. The molecule has 0 aliphatic heterocycles. The maximum absolute atomic E-state index is 12.4. The number of hydrogen-bond acceptors (Lipinski definition) is 4. The Morgan fingerprint density at radius 1 is 1.07 bits per heavy atom. The average Bonchev–Trinajstić information content (AvgIpc) is 2.62. The highest BCUT2D eigenvalue weighted by Gasteiger charge is 2.24. The monoisotopic (exact) mass is 407 g/mol. The van der Waals surface area contributed by atoms with Gasteiger partial charge >= 0.3 is 5.97 Å². The Hall–Kier alpha value is -1.33. The molecule has 0 N–H and O–H groups in total. The minimum Gasteiger partial charge on any atom is -0.496 e. The van der Waals surface area contributed by atoms with E-state index in [2.05, 4.69) is 27.7 Å². The quantitative estimate of drug-likeness (QED) is 0.170. The smallest absolute Gasteiger partial charge is 0.308 e. The molecule has 0 saturated carbocycles. The molecule has 1 aromatic rings. The summed E-state index contributed by atoms with van der Waals surface area (Å²) >= 11 is 0. The third kappa shape index (κ3) is 8.78. The molecule has 0 aliphatic carbocycles. The second kappa shape index (κ2) is 12.3. The number of carbonyl (C=O) groups is 1. The number of unbranched alkanes of at least 4 members (excludes halogenated alkanes) is 5. The molecule has 0 saturated heterocycles. The van der Waals surface area contributed by atoms with E-state index in [0.717, 1.165) is 29.7 Å². The minimum atomic E-state index is -1.04. The second-order valence-electron chi connectivity index (χ2n) is 8.58. The molecule has 0 heterocycles. The second-order valence-corrected chi connectivity index (χ2v) is 10.6. The molecule has 1 unspecified atom stereocenters. The van der Waals surface area contributed by atoms with Crippen LogP contribution in [0.4, 0.5) is 0 Å². The highest BCUT2D eigenvalue weighted by Crippen LogP contribution is 2.34. The van der Waals surface area contributed by atoms with E-state index in [-0.39, 0.29) is 11.4 Å². The summed E-state index contributed by atoms with van der Waals surface area (Å²) in [5, 5.41) is 0. The van der Waals surface area contributed by atoms with Crippen molar-refractivity contribution in [2.45, 2.75) is 97.4 Å². The van der Waals surface area contributed by atoms with E-state index in [1.807, 2.05) is 31.3 Å². The fourth-order valence-corrected chi connectivity index (χ4v) is 3.69. The first kappa shape index (κ1) is 24.7. The van der Waals surface area contributed by atoms with Crippen LogP contribution in [0.3, 0.4) is 0 Å². The normalized spacial score (nSPS) is 12.9. The topological polar surface area (TPSA) is 44.8 Å². The van der Waals surface area contributed by atoms with Crippen molar-refractivity contribution in [2.24, 2.45) is 0 Å². The molecule has 0 spiro atoms. The van der Waals surface area contributed by atoms with Gasteiger partial charge in [0.2, 0.25) is 15.3 Å². The summed E-state index contributed by atoms with van der Waals surface area (Å²) in [6, 6.07) is 5.97. The molecule has 1 rings (SSSR count). The van der Waals surface area contributed by atoms with Crippen LogP contribution in [0.25, 0.3) is 0 Å². The van der Waals surface area contributed by atoms with Crippen LogP contribution in [-0.2, 0) is 19.4 Å². The van der Waals surface area contributed by atoms with E-state index < -0.39 is 15.3 Å². The number of rotatable bonds is 12. The van der Waals surface area contributed by atoms with E-state index in [4.69, 9.17) is 13.9 Å². The Morgan fingerprint density at radius 2 is 1.71 bits per heavy atom. The molecular formula is C23H39O4Si. The summed E-state index contributed by atoms with van der Waals surface area (Å²) < 4.78 is 17.3. The predicted octanol–water partition coefficient (Wildman–Crippen LogP) is 6.55. The van der Waals surface area contributed by atoms with Crippen molar-refractivity contribution in [3.63, 3.8) is 0 Å². The van der Waals surface area contributed by atoms with E-state index >= 15 is 0 Å². The predicted molar refractivity (Wildman–Crippen MR) is 117 cm³/mol. The number of hydrogen-bond donors (Lipinski definition) is 0. The van der Waals surface area contributed by atoms with Gasteiger partial charge in [-0.1, -0.05) is 71.9 Å². The Morgan fingerprint density at radius 3 is 2.29 bits per heavy atom. The molecule has 0 bridgehead atoms. The Bertz CT molecular complexity index is 593. The Kier molecular flexibility index (Phi) is 10.8. The number of carbonyl (C=O) groups excluding carboxylic acids is 1. The number of methoxy groups -OCH3 is 1. The van der Waals surface area contributed by atoms with Crippen molar-refractivity contribution in [3.05, 3.63) is 29.3 Å². The van der Waals surface area contributed by atoms with Gasteiger partial charge in [-0.15, -0.1) is 0 Å². The van der Waals surface area contributed by atoms with Gasteiger partial charge in [0.1, 0.15) is 5.75 Å². The molecule has 159 valence electrons. The van der Waals surface area contributed by atoms with Gasteiger partial charge < -0.3 is 13.9 Å². The lowest BCUT2D eigenvalue weighted by Gasteiger charge is -2.25. The fourth-order valence-electron chi connectivity index (χ4n) is 3.08. The molecule has 4 nitrogen and oxygen atoms in total. The van der Waals surface area contributed by atoms with Crippen LogP contribution in [0, 0.1) is 0 Å². The van der Waals surface area contributed by atoms with Gasteiger partial charge in [-0.2, -0.15) is 0 Å². The first-order chi connectivity index (χ1) is 13.2. The number of esters is 1. The van der Waals surface area contributed by atoms with E-state index in [1.54, 1.807) is 7.11 Å². The largest absolute Gasteiger partial charge is 0.496 e. The number of ether oxygens (including phenoxy) is 2. The fraction of sp³-hybridized carbons (Fsp3) is 0.696. The molecule has 0 fully saturated rings. The van der Waals surface area contributed by atoms with Crippen molar-refractivity contribution in [3.8, 4) is 5.75 Å². The molecule has 5 heteroatoms. The van der Waals surface area contributed by atoms with Crippen molar-refractivity contribution < 1.29 is 18.7 Å². The summed E-state index contributed by atoms with van der Waals surface area (Å²) in [7, 11) is 0.635. The molecule has 1 aromatic carbocycles. The van der Waals surface area contributed by atoms with Gasteiger partial charge in [-0.3, -0.25) is 4.79 Å². The van der Waals surface area contributed by atoms with Gasteiger partial charge in [0, 0.05) is 12.0 Å². The molecule has 0 aromatic heterocycles. The lowest BCUT2D eigenvalue weighted by Crippen LogP contribution is -2.20. The van der Waals surface area contributed by atoms with E-state index in [0.29, 0.717) is 6.42 Å². The third-order valence-corrected chi connectivity index (χ3v) is 5.31. The van der Waals surface area contributed by atoms with Gasteiger partial charge in [-0.25, -0.2) is 0 Å². The molecule has 28 heavy (non-hydrogen) atoms. The molecule has 1 radical (unpaired) electrons. The van der Waals surface area contributed by atoms with E-state index in [9.17, 15) is 4.79 Å². The van der Waals surface area contributed by atoms with Gasteiger partial charge in [0.15, 0.2) is 0 Å². The SMILES string of the molecule is CCCCCCCCC(=O)OC(O[Si](C)C)c1ccc(C(C)(C)C)c(OC)c1. The summed E-state index contributed by atoms with van der Waals surface area (Å²) in [5.74, 6) is 0.606. The van der Waals surface area contributed by atoms with E-state index in [1.165, 1.54) is 25.7 Å². The van der Waals surface area contributed by atoms with Crippen LogP contribution in [-0.4, -0.2) is 22.1 Å². The standard InChI is InChI=1S/C23H39O4Si/c1-8-9-10-11-12-13-14-21(24)26-22(27-28(6)7)18-15-16-19(23(2,3)4)20(17-18)25-5/h15-17,22H,8-14H2,1-7H3. The lowest BCUT2D eigenvalue weighted by atomic mass is 9.86. The summed E-state index contributed by atoms with van der Waals surface area (Å²) in [6.07, 6.45) is 6.65. The summed E-state index contributed by atoms with van der Waals surface area (Å²) in [4.78, 5) is 12.4. The van der Waals surface area contributed by atoms with Gasteiger partial charge in [-0.05, 0) is 36.6 Å². The summed E-state index contributed by atoms with van der Waals surface area (Å²) in [6.45, 7) is 12.7. The van der Waals surface area contributed by atoms with Crippen LogP contribution in [0.15, 0.2) is 18.2 Å². The highest BCUT2D eigenvalue weighted by molar-refractivity contribution is 6.48. The van der Waals surface area contributed by atoms with Crippen molar-refractivity contribution in [1.82, 2.24) is 0 Å². The molecular weight excluding hydrogens is 368 g/mol. The maximum atomic E-state index is 12.4. The zero-order chi connectivity index (χ0) is 21.2. The highest BCUT2D eigenvalue weighted by atomic mass is 28.3. The third-order valence-electron chi connectivity index (χ3n) is 4.62. The van der Waals surface area contributed by atoms with Crippen LogP contribution in [0.2, 0.25) is 13.1 Å². The van der Waals surface area contributed by atoms with Crippen molar-refractivity contribution in [2.75, 3.05) is 7.11 Å². The van der Waals surface area contributed by atoms with Gasteiger partial charge in [0.05, 0.1) is 7.11 Å². The van der Waals surface area contributed by atoms with Crippen LogP contribution >= 0.6 is 0 Å². The van der Waals surface area contributed by atoms with Crippen LogP contribution < -0.4 is 4.74 Å². The van der Waals surface area contributed by atoms with Crippen molar-refractivity contribution in [1.29, 1.82) is 0 Å². The molecule has 0 aliphatic rings. The molecule has 1 atom stereocenters. The number of benzene rings is 1. The first-order valence-electron chi connectivity index (χ1n) is 10.5. The van der Waals surface area contributed by atoms with Crippen LogP contribution in [0.1, 0.15) is 90.1 Å². The zero-order valence-electron chi connectivity index (χ0n) is 18.9. The average molecular weight is 408 g/mol.